The second-order valence-corrected chi connectivity index (χ2v) is 8.77. The van der Waals surface area contributed by atoms with Crippen LogP contribution in [0.4, 0.5) is 5.69 Å². The molecule has 0 radical (unpaired) electrons. The molecule has 2 N–H and O–H groups in total. The fourth-order valence-corrected chi connectivity index (χ4v) is 4.30. The van der Waals surface area contributed by atoms with E-state index in [0.29, 0.717) is 26.3 Å². The smallest absolute Gasteiger partial charge is 0.270 e. The predicted molar refractivity (Wildman–Crippen MR) is 131 cm³/mol. The quantitative estimate of drug-likeness (QED) is 0.511. The van der Waals surface area contributed by atoms with Crippen molar-refractivity contribution in [3.63, 3.8) is 0 Å². The minimum absolute atomic E-state index is 0.203. The van der Waals surface area contributed by atoms with E-state index in [1.807, 2.05) is 57.2 Å². The van der Waals surface area contributed by atoms with Gasteiger partial charge in [-0.3, -0.25) is 19.7 Å². The lowest BCUT2D eigenvalue weighted by Gasteiger charge is -2.11. The molecule has 2 heterocycles. The Morgan fingerprint density at radius 1 is 1.12 bits per heavy atom. The van der Waals surface area contributed by atoms with E-state index >= 15 is 0 Å². The maximum atomic E-state index is 12.6. The molecular weight excluding hydrogens is 444 g/mol. The minimum atomic E-state index is -0.216. The molecule has 2 amide bonds. The number of nitrogens with zero attached hydrogens (tertiary/aromatic N) is 2. The number of rotatable bonds is 4. The molecule has 1 aliphatic rings. The van der Waals surface area contributed by atoms with E-state index in [0.717, 1.165) is 22.5 Å². The highest BCUT2D eigenvalue weighted by atomic mass is 35.5. The van der Waals surface area contributed by atoms with Gasteiger partial charge in [0.1, 0.15) is 0 Å². The zero-order chi connectivity index (χ0) is 22.8. The number of thioether (sulfide) groups is 1. The van der Waals surface area contributed by atoms with Gasteiger partial charge in [-0.05, 0) is 80.1 Å². The van der Waals surface area contributed by atoms with Gasteiger partial charge in [0.15, 0.2) is 5.17 Å². The van der Waals surface area contributed by atoms with Crippen molar-refractivity contribution in [2.24, 2.45) is 4.99 Å². The number of nitrogens with one attached hydrogen (secondary N) is 2. The third-order valence-electron chi connectivity index (χ3n) is 5.12. The predicted octanol–water partition coefficient (Wildman–Crippen LogP) is 5.34. The lowest BCUT2D eigenvalue weighted by Crippen LogP contribution is -2.24. The first-order valence-corrected chi connectivity index (χ1v) is 11.1. The van der Waals surface area contributed by atoms with Crippen LogP contribution in [0, 0.1) is 20.8 Å². The van der Waals surface area contributed by atoms with Crippen LogP contribution >= 0.6 is 23.4 Å². The second kappa shape index (κ2) is 9.06. The molecule has 1 aliphatic heterocycles. The van der Waals surface area contributed by atoms with Crippen LogP contribution in [0.3, 0.4) is 0 Å². The summed E-state index contributed by atoms with van der Waals surface area (Å²) in [6.45, 7) is 5.68. The topological polar surface area (TPSA) is 75.5 Å². The third kappa shape index (κ3) is 4.49. The Morgan fingerprint density at radius 2 is 1.88 bits per heavy atom. The number of aromatic nitrogens is 1. The van der Waals surface area contributed by atoms with Crippen LogP contribution in [-0.4, -0.2) is 21.7 Å². The number of carbonyl (C=O) groups is 2. The van der Waals surface area contributed by atoms with Gasteiger partial charge in [0.25, 0.3) is 11.8 Å². The fraction of sp³-hybridized carbons (Fsp3) is 0.125. The van der Waals surface area contributed by atoms with Crippen LogP contribution < -0.4 is 10.7 Å². The molecule has 162 valence electrons. The van der Waals surface area contributed by atoms with Crippen LogP contribution in [0.15, 0.2) is 64.5 Å². The third-order valence-corrected chi connectivity index (χ3v) is 6.44. The number of carbonyl (C=O) groups excluding carboxylic acids is 2. The Kier molecular flexibility index (Phi) is 6.21. The average molecular weight is 465 g/mol. The zero-order valence-corrected chi connectivity index (χ0v) is 19.3. The standard InChI is InChI=1S/C24H21ClN4O2S/c1-14-12-18(16(3)29(14)28-22(30)17-8-5-4-6-9-17)13-21-23(31)27-24(32-21)26-20-11-7-10-19(25)15(20)2/h4-13H,1-3H3,(H,28,30)(H,26,27,31)/b21-13-. The first-order valence-electron chi connectivity index (χ1n) is 9.93. The molecule has 8 heteroatoms. The Hall–Kier alpha value is -3.29. The number of amides is 2. The van der Waals surface area contributed by atoms with E-state index in [1.54, 1.807) is 29.0 Å². The summed E-state index contributed by atoms with van der Waals surface area (Å²) in [4.78, 5) is 30.1. The molecule has 32 heavy (non-hydrogen) atoms. The Balaban J connectivity index is 1.57. The van der Waals surface area contributed by atoms with E-state index in [-0.39, 0.29) is 11.8 Å². The zero-order valence-electron chi connectivity index (χ0n) is 17.8. The SMILES string of the molecule is Cc1c(Cl)cccc1N=C1NC(=O)/C(=C/c2cc(C)n(NC(=O)c3ccccc3)c2C)S1. The van der Waals surface area contributed by atoms with E-state index in [4.69, 9.17) is 11.6 Å². The van der Waals surface area contributed by atoms with Crippen molar-refractivity contribution in [3.8, 4) is 0 Å². The van der Waals surface area contributed by atoms with Gasteiger partial charge in [0.05, 0.1) is 10.6 Å². The molecule has 4 rings (SSSR count). The van der Waals surface area contributed by atoms with Crippen molar-refractivity contribution in [2.75, 3.05) is 5.43 Å². The molecule has 0 atom stereocenters. The Morgan fingerprint density at radius 3 is 2.62 bits per heavy atom. The summed E-state index contributed by atoms with van der Waals surface area (Å²) in [5.41, 5.74) is 7.56. The molecule has 0 saturated carbocycles. The van der Waals surface area contributed by atoms with Crippen LogP contribution in [0.1, 0.15) is 32.9 Å². The number of aryl methyl sites for hydroxylation is 1. The summed E-state index contributed by atoms with van der Waals surface area (Å²) < 4.78 is 1.73. The van der Waals surface area contributed by atoms with Gasteiger partial charge in [-0.1, -0.05) is 35.9 Å². The molecule has 0 aliphatic carbocycles. The molecule has 3 aromatic rings. The van der Waals surface area contributed by atoms with Gasteiger partial charge in [0.2, 0.25) is 0 Å². The van der Waals surface area contributed by atoms with Gasteiger partial charge in [-0.15, -0.1) is 0 Å². The van der Waals surface area contributed by atoms with Gasteiger partial charge < -0.3 is 5.32 Å². The molecular formula is C24H21ClN4O2S. The fourth-order valence-electron chi connectivity index (χ4n) is 3.31. The van der Waals surface area contributed by atoms with Crippen LogP contribution in [0.2, 0.25) is 5.02 Å². The summed E-state index contributed by atoms with van der Waals surface area (Å²) in [6.07, 6.45) is 1.81. The van der Waals surface area contributed by atoms with Crippen molar-refractivity contribution in [1.29, 1.82) is 0 Å². The molecule has 0 unspecified atom stereocenters. The van der Waals surface area contributed by atoms with E-state index in [2.05, 4.69) is 15.7 Å². The number of amidine groups is 1. The van der Waals surface area contributed by atoms with Gasteiger partial charge >= 0.3 is 0 Å². The number of benzene rings is 2. The van der Waals surface area contributed by atoms with E-state index in [1.165, 1.54) is 11.8 Å². The Bertz CT molecular complexity index is 1280. The summed E-state index contributed by atoms with van der Waals surface area (Å²) in [5.74, 6) is -0.419. The monoisotopic (exact) mass is 464 g/mol. The number of halogens is 1. The molecule has 2 aromatic carbocycles. The number of hydrogen-bond acceptors (Lipinski definition) is 4. The highest BCUT2D eigenvalue weighted by Crippen LogP contribution is 2.31. The highest BCUT2D eigenvalue weighted by molar-refractivity contribution is 8.18. The van der Waals surface area contributed by atoms with Crippen molar-refractivity contribution in [1.82, 2.24) is 9.99 Å². The maximum absolute atomic E-state index is 12.6. The lowest BCUT2D eigenvalue weighted by molar-refractivity contribution is -0.115. The van der Waals surface area contributed by atoms with E-state index < -0.39 is 0 Å². The van der Waals surface area contributed by atoms with Gasteiger partial charge in [-0.2, -0.15) is 0 Å². The molecule has 6 nitrogen and oxygen atoms in total. The molecule has 1 saturated heterocycles. The molecule has 1 aromatic heterocycles. The van der Waals surface area contributed by atoms with Crippen molar-refractivity contribution in [2.45, 2.75) is 20.8 Å². The van der Waals surface area contributed by atoms with E-state index in [9.17, 15) is 9.59 Å². The number of aliphatic imine (C=N–C) groups is 1. The van der Waals surface area contributed by atoms with Gasteiger partial charge in [0, 0.05) is 22.0 Å². The summed E-state index contributed by atoms with van der Waals surface area (Å²) in [7, 11) is 0. The largest absolute Gasteiger partial charge is 0.300 e. The Labute approximate surface area is 195 Å². The summed E-state index contributed by atoms with van der Waals surface area (Å²) in [6, 6.07) is 16.4. The molecule has 0 spiro atoms. The summed E-state index contributed by atoms with van der Waals surface area (Å²) in [5, 5.41) is 3.92. The second-order valence-electron chi connectivity index (χ2n) is 7.33. The summed E-state index contributed by atoms with van der Waals surface area (Å²) >= 11 is 7.43. The van der Waals surface area contributed by atoms with Gasteiger partial charge in [-0.25, -0.2) is 4.99 Å². The average Bonchev–Trinajstić information content (AvgIpc) is 3.25. The number of hydrogen-bond donors (Lipinski definition) is 2. The molecule has 1 fully saturated rings. The van der Waals surface area contributed by atoms with Crippen molar-refractivity contribution < 1.29 is 9.59 Å². The normalized spacial score (nSPS) is 15.9. The lowest BCUT2D eigenvalue weighted by atomic mass is 10.2. The van der Waals surface area contributed by atoms with Crippen LogP contribution in [0.5, 0.6) is 0 Å². The first kappa shape index (κ1) is 21.9. The van der Waals surface area contributed by atoms with Crippen molar-refractivity contribution >= 4 is 52.1 Å². The highest BCUT2D eigenvalue weighted by Gasteiger charge is 2.25. The van der Waals surface area contributed by atoms with Crippen LogP contribution in [-0.2, 0) is 4.79 Å². The molecule has 0 bridgehead atoms. The minimum Gasteiger partial charge on any atom is -0.300 e. The van der Waals surface area contributed by atoms with Crippen molar-refractivity contribution in [3.05, 3.63) is 92.6 Å². The van der Waals surface area contributed by atoms with Crippen LogP contribution in [0.25, 0.3) is 6.08 Å². The first-order chi connectivity index (χ1) is 15.3. The maximum Gasteiger partial charge on any atom is 0.270 e.